The molecule has 0 aliphatic heterocycles. The zero-order chi connectivity index (χ0) is 63.2. The fraction of sp³-hybridized carbons (Fsp3) is 0.939. The lowest BCUT2D eigenvalue weighted by Crippen LogP contribution is -2.30. The van der Waals surface area contributed by atoms with Crippen LogP contribution >= 0.6 is 15.6 Å². The summed E-state index contributed by atoms with van der Waals surface area (Å²) in [5.74, 6) is 0.756. The maximum absolute atomic E-state index is 13.0. The number of esters is 4. The number of carbonyl (C=O) groups is 4. The Labute approximate surface area is 517 Å². The Hall–Kier alpha value is -1.94. The van der Waals surface area contributed by atoms with Crippen LogP contribution in [0.3, 0.4) is 0 Å². The van der Waals surface area contributed by atoms with Crippen LogP contribution in [0.15, 0.2) is 0 Å². The molecule has 0 aliphatic rings. The number of hydrogen-bond donors (Lipinski definition) is 3. The van der Waals surface area contributed by atoms with Crippen LogP contribution in [0.2, 0.25) is 0 Å². The number of rotatable bonds is 63. The first kappa shape index (κ1) is 83.1. The Bertz CT molecular complexity index is 1700. The van der Waals surface area contributed by atoms with Crippen molar-refractivity contribution in [1.82, 2.24) is 0 Å². The van der Waals surface area contributed by atoms with Gasteiger partial charge in [-0.15, -0.1) is 0 Å². The first-order valence-electron chi connectivity index (χ1n) is 34.2. The Kier molecular flexibility index (Phi) is 54.8. The lowest BCUT2D eigenvalue weighted by molar-refractivity contribution is -0.161. The van der Waals surface area contributed by atoms with Gasteiger partial charge in [0.15, 0.2) is 12.2 Å². The summed E-state index contributed by atoms with van der Waals surface area (Å²) in [4.78, 5) is 72.3. The first-order chi connectivity index (χ1) is 40.6. The van der Waals surface area contributed by atoms with Crippen LogP contribution in [0.5, 0.6) is 0 Å². The molecule has 0 rings (SSSR count). The van der Waals surface area contributed by atoms with E-state index in [-0.39, 0.29) is 25.7 Å². The van der Waals surface area contributed by atoms with Crippen LogP contribution in [0.4, 0.5) is 0 Å². The largest absolute Gasteiger partial charge is 0.472 e. The fourth-order valence-corrected chi connectivity index (χ4v) is 11.3. The van der Waals surface area contributed by atoms with E-state index in [2.05, 4.69) is 55.4 Å². The SMILES string of the molecule is CCC(C)CCCCCCCCC(=O)O[C@H](COC(=O)CCCCCCCCCCC(C)C)COP(=O)(O)OCC(O)COP(=O)(O)OC[C@@H](COC(=O)CCCCCCCCCCCCCCC(C)C)OC(=O)CCCCCCCCC(C)C. The highest BCUT2D eigenvalue weighted by atomic mass is 31.2. The molecule has 0 heterocycles. The van der Waals surface area contributed by atoms with Crippen LogP contribution < -0.4 is 0 Å². The number of hydrogen-bond acceptors (Lipinski definition) is 15. The van der Waals surface area contributed by atoms with Gasteiger partial charge in [-0.25, -0.2) is 9.13 Å². The average molecular weight is 1260 g/mol. The molecule has 0 bridgehead atoms. The van der Waals surface area contributed by atoms with E-state index in [1.807, 2.05) is 0 Å². The zero-order valence-electron chi connectivity index (χ0n) is 55.2. The summed E-state index contributed by atoms with van der Waals surface area (Å²) in [5, 5.41) is 10.5. The molecule has 0 amide bonds. The number of carbonyl (C=O) groups excluding carboxylic acids is 4. The van der Waals surface area contributed by atoms with Crippen molar-refractivity contribution in [2.75, 3.05) is 39.6 Å². The average Bonchev–Trinajstić information content (AvgIpc) is 3.57. The third-order valence-electron chi connectivity index (χ3n) is 15.4. The molecule has 3 N–H and O–H groups in total. The third-order valence-corrected chi connectivity index (χ3v) is 17.3. The van der Waals surface area contributed by atoms with E-state index in [0.717, 1.165) is 108 Å². The van der Waals surface area contributed by atoms with Crippen LogP contribution in [0.1, 0.15) is 319 Å². The highest BCUT2D eigenvalue weighted by Gasteiger charge is 2.30. The normalized spacial score (nSPS) is 14.7. The van der Waals surface area contributed by atoms with Gasteiger partial charge in [-0.05, 0) is 49.4 Å². The smallest absolute Gasteiger partial charge is 0.462 e. The zero-order valence-corrected chi connectivity index (χ0v) is 57.0. The molecular weight excluding hydrogens is 1130 g/mol. The molecule has 0 aromatic carbocycles. The minimum absolute atomic E-state index is 0.101. The van der Waals surface area contributed by atoms with E-state index in [1.165, 1.54) is 122 Å². The predicted octanol–water partition coefficient (Wildman–Crippen LogP) is 18.1. The van der Waals surface area contributed by atoms with Crippen molar-refractivity contribution in [1.29, 1.82) is 0 Å². The summed E-state index contributed by atoms with van der Waals surface area (Å²) in [7, 11) is -9.89. The number of phosphoric ester groups is 2. The third kappa shape index (κ3) is 59.5. The molecule has 0 aromatic rings. The molecule has 0 aromatic heterocycles. The van der Waals surface area contributed by atoms with Gasteiger partial charge in [0.25, 0.3) is 0 Å². The van der Waals surface area contributed by atoms with Crippen molar-refractivity contribution in [3.05, 3.63) is 0 Å². The second-order valence-corrected chi connectivity index (χ2v) is 28.4. The van der Waals surface area contributed by atoms with Crippen LogP contribution in [0, 0.1) is 23.7 Å². The molecule has 0 fully saturated rings. The molecule has 0 spiro atoms. The second-order valence-electron chi connectivity index (χ2n) is 25.5. The van der Waals surface area contributed by atoms with Crippen molar-refractivity contribution >= 4 is 39.5 Å². The minimum atomic E-state index is -4.95. The molecule has 0 saturated heterocycles. The van der Waals surface area contributed by atoms with Crippen LogP contribution in [-0.4, -0.2) is 96.7 Å². The van der Waals surface area contributed by atoms with Crippen molar-refractivity contribution in [2.24, 2.45) is 23.7 Å². The summed E-state index contributed by atoms with van der Waals surface area (Å²) in [6.45, 7) is 13.9. The van der Waals surface area contributed by atoms with Gasteiger partial charge in [-0.3, -0.25) is 37.3 Å². The summed E-state index contributed by atoms with van der Waals surface area (Å²) >= 11 is 0. The number of aliphatic hydroxyl groups excluding tert-OH is 1. The van der Waals surface area contributed by atoms with Crippen molar-refractivity contribution in [2.45, 2.75) is 337 Å². The monoisotopic (exact) mass is 1250 g/mol. The molecule has 0 saturated carbocycles. The molecular formula is C66H128O17P2. The number of aliphatic hydroxyl groups is 1. The Morgan fingerprint density at radius 3 is 0.835 bits per heavy atom. The summed E-state index contributed by atoms with van der Waals surface area (Å²) in [6, 6.07) is 0. The molecule has 6 atom stereocenters. The maximum atomic E-state index is 13.0. The van der Waals surface area contributed by atoms with Crippen molar-refractivity contribution in [3.63, 3.8) is 0 Å². The standard InChI is InChI=1S/C66H128O17P2/c1-9-59(8)45-37-29-23-25-33-41-49-66(71)83-62(53-77-64(69)47-39-31-21-17-16-19-27-35-43-57(4)5)55-81-85(74,75)79-51-60(67)50-78-84(72,73)80-54-61(82-65(70)48-40-32-24-22-28-36-44-58(6)7)52-76-63(68)46-38-30-20-15-13-11-10-12-14-18-26-34-42-56(2)3/h56-62,67H,9-55H2,1-8H3,(H,72,73)(H,74,75)/t59?,60?,61-,62-/m1/s1. The predicted molar refractivity (Wildman–Crippen MR) is 340 cm³/mol. The lowest BCUT2D eigenvalue weighted by Gasteiger charge is -2.21. The number of phosphoric acid groups is 2. The van der Waals surface area contributed by atoms with Gasteiger partial charge in [0.1, 0.15) is 19.3 Å². The van der Waals surface area contributed by atoms with Gasteiger partial charge in [0, 0.05) is 25.7 Å². The first-order valence-corrected chi connectivity index (χ1v) is 37.2. The van der Waals surface area contributed by atoms with Crippen molar-refractivity contribution in [3.8, 4) is 0 Å². The van der Waals surface area contributed by atoms with E-state index < -0.39 is 97.5 Å². The lowest BCUT2D eigenvalue weighted by atomic mass is 10.00. The van der Waals surface area contributed by atoms with Gasteiger partial charge in [-0.1, -0.05) is 267 Å². The molecule has 17 nitrogen and oxygen atoms in total. The second kappa shape index (κ2) is 56.1. The molecule has 0 aliphatic carbocycles. The number of unbranched alkanes of at least 4 members (excludes halogenated alkanes) is 28. The van der Waals surface area contributed by atoms with E-state index in [4.69, 9.17) is 37.0 Å². The van der Waals surface area contributed by atoms with Crippen LogP contribution in [0.25, 0.3) is 0 Å². The van der Waals surface area contributed by atoms with Gasteiger partial charge in [0.2, 0.25) is 0 Å². The van der Waals surface area contributed by atoms with Gasteiger partial charge < -0.3 is 33.8 Å². The van der Waals surface area contributed by atoms with E-state index >= 15 is 0 Å². The molecule has 0 radical (unpaired) electrons. The van der Waals surface area contributed by atoms with Gasteiger partial charge in [-0.2, -0.15) is 0 Å². The Morgan fingerprint density at radius 2 is 0.565 bits per heavy atom. The highest BCUT2D eigenvalue weighted by Crippen LogP contribution is 2.45. The summed E-state index contributed by atoms with van der Waals surface area (Å²) in [6.07, 6.45) is 36.5. The molecule has 85 heavy (non-hydrogen) atoms. The van der Waals surface area contributed by atoms with Gasteiger partial charge >= 0.3 is 39.5 Å². The fourth-order valence-electron chi connectivity index (χ4n) is 9.75. The molecule has 504 valence electrons. The maximum Gasteiger partial charge on any atom is 0.472 e. The molecule has 19 heteroatoms. The Balaban J connectivity index is 5.21. The van der Waals surface area contributed by atoms with E-state index in [0.29, 0.717) is 31.6 Å². The van der Waals surface area contributed by atoms with Crippen molar-refractivity contribution < 1.29 is 80.2 Å². The highest BCUT2D eigenvalue weighted by molar-refractivity contribution is 7.47. The quantitative estimate of drug-likeness (QED) is 0.0222. The van der Waals surface area contributed by atoms with E-state index in [9.17, 15) is 43.2 Å². The summed E-state index contributed by atoms with van der Waals surface area (Å²) < 4.78 is 68.0. The number of ether oxygens (including phenoxy) is 4. The topological polar surface area (TPSA) is 237 Å². The molecule has 4 unspecified atom stereocenters. The minimum Gasteiger partial charge on any atom is -0.462 e. The Morgan fingerprint density at radius 1 is 0.329 bits per heavy atom. The van der Waals surface area contributed by atoms with Gasteiger partial charge in [0.05, 0.1) is 26.4 Å². The summed E-state index contributed by atoms with van der Waals surface area (Å²) in [5.41, 5.74) is 0. The van der Waals surface area contributed by atoms with Crippen LogP contribution in [-0.2, 0) is 65.4 Å². The van der Waals surface area contributed by atoms with E-state index in [1.54, 1.807) is 0 Å².